The van der Waals surface area contributed by atoms with Crippen molar-refractivity contribution in [3.63, 3.8) is 0 Å². The third-order valence-electron chi connectivity index (χ3n) is 18.1. The summed E-state index contributed by atoms with van der Waals surface area (Å²) in [5, 5.41) is 0. The van der Waals surface area contributed by atoms with Crippen LogP contribution in [0.15, 0.2) is 146 Å². The highest BCUT2D eigenvalue weighted by Gasteiger charge is 2.53. The van der Waals surface area contributed by atoms with Crippen molar-refractivity contribution in [2.75, 3.05) is 4.90 Å². The molecule has 5 atom stereocenters. The maximum atomic E-state index is 2.60. The van der Waals surface area contributed by atoms with Gasteiger partial charge in [-0.3, -0.25) is 0 Å². The van der Waals surface area contributed by atoms with Crippen molar-refractivity contribution < 1.29 is 0 Å². The van der Waals surface area contributed by atoms with Crippen LogP contribution < -0.4 is 4.90 Å². The Balaban J connectivity index is 1.03. The predicted octanol–water partition coefficient (Wildman–Crippen LogP) is 17.3. The van der Waals surface area contributed by atoms with E-state index in [2.05, 4.69) is 206 Å². The van der Waals surface area contributed by atoms with E-state index >= 15 is 0 Å². The molecule has 0 aromatic heterocycles. The second-order valence-corrected chi connectivity index (χ2v) is 24.2. The summed E-state index contributed by atoms with van der Waals surface area (Å²) in [6.07, 6.45) is 8.69. The predicted molar refractivity (Wildman–Crippen MR) is 277 cm³/mol. The van der Waals surface area contributed by atoms with Gasteiger partial charge in [-0.2, -0.15) is 0 Å². The van der Waals surface area contributed by atoms with Gasteiger partial charge in [0.1, 0.15) is 0 Å². The molecular weight excluding hydrogens is 795 g/mol. The molecule has 0 N–H and O–H groups in total. The van der Waals surface area contributed by atoms with E-state index in [1.807, 2.05) is 0 Å². The molecule has 5 unspecified atom stereocenters. The number of nitrogens with zero attached hydrogens (tertiary/aromatic N) is 1. The van der Waals surface area contributed by atoms with Gasteiger partial charge in [0.15, 0.2) is 0 Å². The molecule has 7 aromatic carbocycles. The second kappa shape index (κ2) is 13.9. The zero-order valence-electron chi connectivity index (χ0n) is 40.4. The fraction of sp³-hybridized carbons (Fsp3) is 0.354. The van der Waals surface area contributed by atoms with Crippen LogP contribution >= 0.6 is 0 Å². The van der Waals surface area contributed by atoms with Crippen molar-refractivity contribution in [3.8, 4) is 33.4 Å². The number of hydrogen-bond acceptors (Lipinski definition) is 1. The molecule has 66 heavy (non-hydrogen) atoms. The Hall–Kier alpha value is -5.66. The van der Waals surface area contributed by atoms with Gasteiger partial charge in [-0.1, -0.05) is 171 Å². The van der Waals surface area contributed by atoms with E-state index in [0.29, 0.717) is 5.92 Å². The van der Waals surface area contributed by atoms with Crippen LogP contribution in [0.5, 0.6) is 0 Å². The molecule has 3 saturated carbocycles. The van der Waals surface area contributed by atoms with Crippen LogP contribution in [-0.4, -0.2) is 0 Å². The van der Waals surface area contributed by atoms with Crippen LogP contribution in [0.1, 0.15) is 150 Å². The standard InChI is InChI=1S/C65H65N/c1-62(2,3)43-20-27-52-53-28-21-44(63(4,5)6)36-60(53)65(59(52)35-43)57-16-12-10-14-50(57)54-30-25-47(38-61(54)65)66(46-24-29-51-49-13-9-11-15-56(49)64(7,8)58(51)37-46)45-22-18-41(19-23-45)55-34-40-31-39-17-26-48(55)42(32-39)33-40/h9-16,18-25,27-30,35-40,42,48,55H,17,26,31-34H2,1-8H3. The lowest BCUT2D eigenvalue weighted by molar-refractivity contribution is 0.0152. The van der Waals surface area contributed by atoms with Crippen molar-refractivity contribution >= 4 is 17.1 Å². The lowest BCUT2D eigenvalue weighted by Gasteiger charge is -2.52. The Morgan fingerprint density at radius 1 is 0.424 bits per heavy atom. The zero-order valence-corrected chi connectivity index (χ0v) is 40.4. The van der Waals surface area contributed by atoms with Crippen LogP contribution in [0.2, 0.25) is 0 Å². The molecule has 3 bridgehead atoms. The Morgan fingerprint density at radius 2 is 0.909 bits per heavy atom. The largest absolute Gasteiger partial charge is 0.310 e. The molecule has 1 nitrogen and oxygen atoms in total. The molecule has 3 fully saturated rings. The lowest BCUT2D eigenvalue weighted by Crippen LogP contribution is -2.41. The van der Waals surface area contributed by atoms with E-state index in [4.69, 9.17) is 0 Å². The lowest BCUT2D eigenvalue weighted by atomic mass is 9.53. The Bertz CT molecular complexity index is 3060. The quantitative estimate of drug-likeness (QED) is 0.170. The first kappa shape index (κ1) is 40.6. The minimum Gasteiger partial charge on any atom is -0.310 e. The molecular formula is C65H65N. The van der Waals surface area contributed by atoms with Crippen LogP contribution in [0.25, 0.3) is 33.4 Å². The summed E-state index contributed by atoms with van der Waals surface area (Å²) in [7, 11) is 0. The third kappa shape index (κ3) is 5.71. The first-order valence-corrected chi connectivity index (χ1v) is 25.4. The summed E-state index contributed by atoms with van der Waals surface area (Å²) >= 11 is 0. The minimum atomic E-state index is -0.468. The number of fused-ring (bicyclic) bond motifs is 15. The third-order valence-corrected chi connectivity index (χ3v) is 18.1. The topological polar surface area (TPSA) is 3.24 Å². The van der Waals surface area contributed by atoms with Crippen molar-refractivity contribution in [2.45, 2.75) is 121 Å². The molecule has 330 valence electrons. The Labute approximate surface area is 394 Å². The van der Waals surface area contributed by atoms with Crippen LogP contribution in [0.3, 0.4) is 0 Å². The number of benzene rings is 7. The molecule has 0 aliphatic heterocycles. The Morgan fingerprint density at radius 3 is 1.53 bits per heavy atom. The van der Waals surface area contributed by atoms with E-state index in [1.165, 1.54) is 133 Å². The van der Waals surface area contributed by atoms with Crippen molar-refractivity contribution in [1.29, 1.82) is 0 Å². The average molecular weight is 860 g/mol. The van der Waals surface area contributed by atoms with Gasteiger partial charge in [0.2, 0.25) is 0 Å². The van der Waals surface area contributed by atoms with Gasteiger partial charge in [-0.25, -0.2) is 0 Å². The van der Waals surface area contributed by atoms with Crippen LogP contribution in [0, 0.1) is 23.7 Å². The van der Waals surface area contributed by atoms with Gasteiger partial charge in [0.05, 0.1) is 5.41 Å². The summed E-state index contributed by atoms with van der Waals surface area (Å²) in [4.78, 5) is 2.59. The fourth-order valence-electron chi connectivity index (χ4n) is 14.9. The zero-order chi connectivity index (χ0) is 45.1. The minimum absolute atomic E-state index is 0.00412. The molecule has 0 radical (unpaired) electrons. The monoisotopic (exact) mass is 860 g/mol. The van der Waals surface area contributed by atoms with Crippen molar-refractivity contribution in [3.05, 3.63) is 196 Å². The summed E-state index contributed by atoms with van der Waals surface area (Å²) in [6.45, 7) is 19.0. The van der Waals surface area contributed by atoms with Crippen molar-refractivity contribution in [1.82, 2.24) is 0 Å². The highest BCUT2D eigenvalue weighted by Crippen LogP contribution is 2.65. The van der Waals surface area contributed by atoms with E-state index in [0.717, 1.165) is 23.7 Å². The highest BCUT2D eigenvalue weighted by atomic mass is 15.1. The smallest absolute Gasteiger partial charge is 0.0726 e. The van der Waals surface area contributed by atoms with Crippen LogP contribution in [0.4, 0.5) is 17.1 Å². The van der Waals surface area contributed by atoms with Gasteiger partial charge in [0.25, 0.3) is 0 Å². The van der Waals surface area contributed by atoms with Gasteiger partial charge < -0.3 is 4.90 Å². The summed E-state index contributed by atoms with van der Waals surface area (Å²) < 4.78 is 0. The molecule has 0 amide bonds. The molecule has 6 aliphatic carbocycles. The SMILES string of the molecule is CC(C)(C)c1ccc2c(c1)C1(c3ccccc3-c3ccc(N(c4ccc(C5CC6CC7CCC5C(C7)C6)cc4)c4ccc5c(c4)C(C)(C)c4ccccc4-5)cc31)c1cc(C(C)(C)C)ccc1-2. The summed E-state index contributed by atoms with van der Waals surface area (Å²) in [6, 6.07) is 58.0. The van der Waals surface area contributed by atoms with Gasteiger partial charge in [-0.15, -0.1) is 0 Å². The first-order valence-electron chi connectivity index (χ1n) is 25.4. The number of hydrogen-bond donors (Lipinski definition) is 0. The molecule has 7 aromatic rings. The first-order chi connectivity index (χ1) is 31.7. The summed E-state index contributed by atoms with van der Waals surface area (Å²) in [5.41, 5.74) is 24.0. The van der Waals surface area contributed by atoms with E-state index < -0.39 is 5.41 Å². The summed E-state index contributed by atoms with van der Waals surface area (Å²) in [5.74, 6) is 4.39. The van der Waals surface area contributed by atoms with E-state index in [-0.39, 0.29) is 16.2 Å². The normalized spacial score (nSPS) is 23.2. The molecule has 0 heterocycles. The molecule has 1 heteroatoms. The molecule has 6 aliphatic rings. The Kier molecular flexibility index (Phi) is 8.58. The van der Waals surface area contributed by atoms with E-state index in [1.54, 1.807) is 5.56 Å². The fourth-order valence-corrected chi connectivity index (χ4v) is 14.9. The number of rotatable bonds is 4. The number of anilines is 3. The van der Waals surface area contributed by atoms with Crippen molar-refractivity contribution in [2.24, 2.45) is 23.7 Å². The highest BCUT2D eigenvalue weighted by molar-refractivity contribution is 5.97. The van der Waals surface area contributed by atoms with E-state index in [9.17, 15) is 0 Å². The second-order valence-electron chi connectivity index (χ2n) is 24.2. The maximum Gasteiger partial charge on any atom is 0.0726 e. The molecule has 13 rings (SSSR count). The molecule has 1 spiro atoms. The van der Waals surface area contributed by atoms with Crippen LogP contribution in [-0.2, 0) is 21.7 Å². The van der Waals surface area contributed by atoms with Gasteiger partial charge >= 0.3 is 0 Å². The average Bonchev–Trinajstić information content (AvgIpc) is 3.85. The van der Waals surface area contributed by atoms with Gasteiger partial charge in [-0.05, 0) is 192 Å². The maximum absolute atomic E-state index is 2.60. The van der Waals surface area contributed by atoms with Gasteiger partial charge in [0, 0.05) is 22.5 Å². The molecule has 0 saturated heterocycles.